The molecule has 23 heavy (non-hydrogen) atoms. The Morgan fingerprint density at radius 1 is 1.09 bits per heavy atom. The van der Waals surface area contributed by atoms with Gasteiger partial charge in [0.1, 0.15) is 5.75 Å². The molecule has 5 nitrogen and oxygen atoms in total. The van der Waals surface area contributed by atoms with Crippen LogP contribution in [0.5, 0.6) is 5.75 Å². The van der Waals surface area contributed by atoms with Crippen LogP contribution in [0.25, 0.3) is 11.5 Å². The van der Waals surface area contributed by atoms with Crippen LogP contribution in [0, 0.1) is 3.57 Å². The van der Waals surface area contributed by atoms with E-state index in [2.05, 4.69) is 32.8 Å². The van der Waals surface area contributed by atoms with E-state index in [1.807, 2.05) is 36.4 Å². The molecule has 2 aromatic carbocycles. The molecule has 1 heterocycles. The predicted octanol–water partition coefficient (Wildman–Crippen LogP) is 4.28. The van der Waals surface area contributed by atoms with Gasteiger partial charge in [-0.2, -0.15) is 0 Å². The average molecular weight is 438 g/mol. The van der Waals surface area contributed by atoms with Gasteiger partial charge in [0, 0.05) is 26.5 Å². The molecule has 116 valence electrons. The van der Waals surface area contributed by atoms with Crippen molar-refractivity contribution < 1.29 is 13.9 Å². The summed E-state index contributed by atoms with van der Waals surface area (Å²) in [6, 6.07) is 14.6. The second kappa shape index (κ2) is 7.14. The number of benzene rings is 2. The highest BCUT2D eigenvalue weighted by atomic mass is 127. The van der Waals surface area contributed by atoms with Gasteiger partial charge in [-0.15, -0.1) is 10.2 Å². The van der Waals surface area contributed by atoms with Gasteiger partial charge in [0.2, 0.25) is 11.0 Å². The first kappa shape index (κ1) is 16.0. The van der Waals surface area contributed by atoms with Crippen molar-refractivity contribution in [2.45, 2.75) is 5.22 Å². The summed E-state index contributed by atoms with van der Waals surface area (Å²) < 4.78 is 11.7. The summed E-state index contributed by atoms with van der Waals surface area (Å²) in [6.07, 6.45) is 0. The number of hydrogen-bond acceptors (Lipinski definition) is 6. The van der Waals surface area contributed by atoms with Gasteiger partial charge in [0.25, 0.3) is 5.22 Å². The fourth-order valence-electron chi connectivity index (χ4n) is 1.83. The molecular weight excluding hydrogens is 427 g/mol. The maximum Gasteiger partial charge on any atom is 0.284 e. The Labute approximate surface area is 150 Å². The van der Waals surface area contributed by atoms with Crippen LogP contribution < -0.4 is 4.74 Å². The van der Waals surface area contributed by atoms with Crippen molar-refractivity contribution in [1.29, 1.82) is 0 Å². The lowest BCUT2D eigenvalue weighted by Crippen LogP contribution is -1.92. The van der Waals surface area contributed by atoms with Crippen LogP contribution in [-0.2, 0) is 0 Å². The lowest BCUT2D eigenvalue weighted by atomic mass is 10.2. The zero-order valence-electron chi connectivity index (χ0n) is 12.0. The molecule has 1 aromatic heterocycles. The normalized spacial score (nSPS) is 10.5. The van der Waals surface area contributed by atoms with E-state index in [4.69, 9.17) is 9.15 Å². The summed E-state index contributed by atoms with van der Waals surface area (Å²) in [5.41, 5.74) is 1.37. The molecule has 0 aliphatic rings. The van der Waals surface area contributed by atoms with E-state index in [1.54, 1.807) is 19.2 Å². The lowest BCUT2D eigenvalue weighted by Gasteiger charge is -1.99. The SMILES string of the molecule is COc1ccc(-c2nnc(SC(=O)c3ccc(I)cc3)o2)cc1. The van der Waals surface area contributed by atoms with Crippen LogP contribution in [0.2, 0.25) is 0 Å². The van der Waals surface area contributed by atoms with Crippen molar-refractivity contribution in [3.63, 3.8) is 0 Å². The Hall–Kier alpha value is -1.87. The second-order valence-electron chi connectivity index (χ2n) is 4.50. The molecular formula is C16H11IN2O3S. The number of carbonyl (C=O) groups excluding carboxylic acids is 1. The minimum absolute atomic E-state index is 0.133. The van der Waals surface area contributed by atoms with Crippen LogP contribution in [-0.4, -0.2) is 22.4 Å². The van der Waals surface area contributed by atoms with E-state index in [1.165, 1.54) is 0 Å². The van der Waals surface area contributed by atoms with Gasteiger partial charge in [-0.05, 0) is 71.1 Å². The topological polar surface area (TPSA) is 65.2 Å². The maximum atomic E-state index is 12.2. The smallest absolute Gasteiger partial charge is 0.284 e. The minimum Gasteiger partial charge on any atom is -0.497 e. The van der Waals surface area contributed by atoms with Crippen molar-refractivity contribution in [3.8, 4) is 17.2 Å². The summed E-state index contributed by atoms with van der Waals surface area (Å²) in [5.74, 6) is 1.11. The Bertz CT molecular complexity index is 816. The molecule has 0 N–H and O–H groups in total. The molecule has 7 heteroatoms. The van der Waals surface area contributed by atoms with Gasteiger partial charge in [0.15, 0.2) is 0 Å². The second-order valence-corrected chi connectivity index (χ2v) is 6.67. The predicted molar refractivity (Wildman–Crippen MR) is 95.6 cm³/mol. The molecule has 0 aliphatic carbocycles. The van der Waals surface area contributed by atoms with Crippen LogP contribution in [0.3, 0.4) is 0 Å². The number of rotatable bonds is 4. The van der Waals surface area contributed by atoms with E-state index in [0.717, 1.165) is 26.6 Å². The highest BCUT2D eigenvalue weighted by molar-refractivity contribution is 14.1. The van der Waals surface area contributed by atoms with Crippen LogP contribution in [0.4, 0.5) is 0 Å². The molecule has 0 radical (unpaired) electrons. The third-order valence-electron chi connectivity index (χ3n) is 3.00. The zero-order chi connectivity index (χ0) is 16.2. The van der Waals surface area contributed by atoms with E-state index < -0.39 is 0 Å². The molecule has 0 unspecified atom stereocenters. The Balaban J connectivity index is 1.73. The van der Waals surface area contributed by atoms with Gasteiger partial charge in [-0.3, -0.25) is 4.79 Å². The highest BCUT2D eigenvalue weighted by Crippen LogP contribution is 2.27. The molecule has 0 fully saturated rings. The molecule has 0 atom stereocenters. The van der Waals surface area contributed by atoms with Crippen molar-refractivity contribution in [2.24, 2.45) is 0 Å². The first-order valence-corrected chi connectivity index (χ1v) is 8.51. The number of hydrogen-bond donors (Lipinski definition) is 0. The van der Waals surface area contributed by atoms with Gasteiger partial charge >= 0.3 is 0 Å². The fourth-order valence-corrected chi connectivity index (χ4v) is 2.80. The van der Waals surface area contributed by atoms with Crippen molar-refractivity contribution in [1.82, 2.24) is 10.2 Å². The maximum absolute atomic E-state index is 12.2. The van der Waals surface area contributed by atoms with Gasteiger partial charge in [-0.25, -0.2) is 0 Å². The number of halogens is 1. The lowest BCUT2D eigenvalue weighted by molar-refractivity contribution is 0.108. The first-order chi connectivity index (χ1) is 11.2. The summed E-state index contributed by atoms with van der Waals surface area (Å²) in [5, 5.41) is 7.97. The zero-order valence-corrected chi connectivity index (χ0v) is 15.0. The number of carbonyl (C=O) groups is 1. The van der Waals surface area contributed by atoms with Crippen molar-refractivity contribution in [3.05, 3.63) is 57.7 Å². The van der Waals surface area contributed by atoms with E-state index in [-0.39, 0.29) is 10.3 Å². The molecule has 0 spiro atoms. The molecule has 3 aromatic rings. The summed E-state index contributed by atoms with van der Waals surface area (Å²) in [7, 11) is 1.60. The molecule has 0 aliphatic heterocycles. The monoisotopic (exact) mass is 438 g/mol. The minimum atomic E-state index is -0.133. The van der Waals surface area contributed by atoms with Crippen LogP contribution >= 0.6 is 34.4 Å². The Morgan fingerprint density at radius 2 is 1.78 bits per heavy atom. The third kappa shape index (κ3) is 3.91. The Kier molecular flexibility index (Phi) is 4.97. The van der Waals surface area contributed by atoms with Crippen LogP contribution in [0.1, 0.15) is 10.4 Å². The van der Waals surface area contributed by atoms with Crippen molar-refractivity contribution >= 4 is 39.5 Å². The number of ether oxygens (including phenoxy) is 1. The number of methoxy groups -OCH3 is 1. The summed E-state index contributed by atoms with van der Waals surface area (Å²) in [4.78, 5) is 12.2. The number of thioether (sulfide) groups is 1. The van der Waals surface area contributed by atoms with Gasteiger partial charge < -0.3 is 9.15 Å². The standard InChI is InChI=1S/C16H11IN2O3S/c1-21-13-8-4-10(5-9-13)14-18-19-16(22-14)23-15(20)11-2-6-12(17)7-3-11/h2-9H,1H3. The molecule has 0 saturated carbocycles. The van der Waals surface area contributed by atoms with Gasteiger partial charge in [-0.1, -0.05) is 0 Å². The highest BCUT2D eigenvalue weighted by Gasteiger charge is 2.15. The number of aromatic nitrogens is 2. The molecule has 0 amide bonds. The average Bonchev–Trinajstić information content (AvgIpc) is 3.04. The van der Waals surface area contributed by atoms with Crippen LogP contribution in [0.15, 0.2) is 58.2 Å². The van der Waals surface area contributed by atoms with E-state index >= 15 is 0 Å². The van der Waals surface area contributed by atoms with Gasteiger partial charge in [0.05, 0.1) is 7.11 Å². The third-order valence-corrected chi connectivity index (χ3v) is 4.48. The fraction of sp³-hybridized carbons (Fsp3) is 0.0625. The van der Waals surface area contributed by atoms with Crippen molar-refractivity contribution in [2.75, 3.05) is 7.11 Å². The summed E-state index contributed by atoms with van der Waals surface area (Å²) >= 11 is 3.11. The van der Waals surface area contributed by atoms with E-state index in [0.29, 0.717) is 11.5 Å². The molecule has 0 bridgehead atoms. The first-order valence-electron chi connectivity index (χ1n) is 6.61. The Morgan fingerprint density at radius 3 is 2.43 bits per heavy atom. The number of nitrogens with zero attached hydrogens (tertiary/aromatic N) is 2. The largest absolute Gasteiger partial charge is 0.497 e. The summed E-state index contributed by atoms with van der Waals surface area (Å²) in [6.45, 7) is 0. The van der Waals surface area contributed by atoms with E-state index in [9.17, 15) is 4.79 Å². The molecule has 0 saturated heterocycles. The molecule has 3 rings (SSSR count). The quantitative estimate of drug-likeness (QED) is 0.448.